The van der Waals surface area contributed by atoms with Crippen LogP contribution in [0.5, 0.6) is 0 Å². The Hall–Kier alpha value is -2.62. The molecule has 0 heterocycles. The third-order valence-electron chi connectivity index (χ3n) is 2.60. The molecule has 2 aromatic carbocycles. The second-order valence-electron chi connectivity index (χ2n) is 4.10. The quantitative estimate of drug-likeness (QED) is 0.689. The molecule has 0 saturated heterocycles. The van der Waals surface area contributed by atoms with E-state index in [4.69, 9.17) is 0 Å². The van der Waals surface area contributed by atoms with Gasteiger partial charge in [0.25, 0.3) is 10.0 Å². The van der Waals surface area contributed by atoms with Gasteiger partial charge in [0, 0.05) is 6.07 Å². The van der Waals surface area contributed by atoms with Crippen molar-refractivity contribution in [2.75, 3.05) is 4.72 Å². The van der Waals surface area contributed by atoms with Gasteiger partial charge in [0.05, 0.1) is 15.5 Å². The van der Waals surface area contributed by atoms with Gasteiger partial charge in [0.15, 0.2) is 11.6 Å². The summed E-state index contributed by atoms with van der Waals surface area (Å²) in [6.45, 7) is 0. The van der Waals surface area contributed by atoms with E-state index in [1.807, 2.05) is 4.72 Å². The predicted octanol–water partition coefficient (Wildman–Crippen LogP) is 2.81. The predicted molar refractivity (Wildman–Crippen MR) is 70.2 cm³/mol. The summed E-state index contributed by atoms with van der Waals surface area (Å²) in [6, 6.07) is 4.24. The van der Waals surface area contributed by atoms with Crippen molar-refractivity contribution in [2.45, 2.75) is 4.90 Å². The summed E-state index contributed by atoms with van der Waals surface area (Å²) >= 11 is 0. The van der Waals surface area contributed by atoms with E-state index in [0.29, 0.717) is 24.3 Å². The van der Waals surface area contributed by atoms with Crippen molar-refractivity contribution in [1.29, 1.82) is 0 Å². The van der Waals surface area contributed by atoms with Crippen LogP contribution in [0.1, 0.15) is 0 Å². The minimum atomic E-state index is -4.31. The lowest BCUT2D eigenvalue weighted by Gasteiger charge is -2.08. The van der Waals surface area contributed by atoms with E-state index in [9.17, 15) is 31.7 Å². The number of nitrogens with zero attached hydrogens (tertiary/aromatic N) is 1. The van der Waals surface area contributed by atoms with E-state index in [-0.39, 0.29) is 5.69 Å². The van der Waals surface area contributed by atoms with Crippen LogP contribution < -0.4 is 4.72 Å². The number of rotatable bonds is 4. The molecule has 0 saturated carbocycles. The third kappa shape index (κ3) is 3.17. The van der Waals surface area contributed by atoms with E-state index < -0.39 is 43.0 Å². The average molecular weight is 332 g/mol. The Morgan fingerprint density at radius 1 is 0.955 bits per heavy atom. The Balaban J connectivity index is 2.38. The highest BCUT2D eigenvalue weighted by atomic mass is 32.2. The Morgan fingerprint density at radius 2 is 1.59 bits per heavy atom. The highest BCUT2D eigenvalue weighted by Gasteiger charge is 2.20. The molecule has 1 N–H and O–H groups in total. The van der Waals surface area contributed by atoms with Crippen molar-refractivity contribution < 1.29 is 26.5 Å². The molecule has 0 fully saturated rings. The molecule has 2 aromatic rings. The highest BCUT2D eigenvalue weighted by Crippen LogP contribution is 2.24. The van der Waals surface area contributed by atoms with Gasteiger partial charge in [0.1, 0.15) is 0 Å². The largest absolute Gasteiger partial charge is 0.306 e. The van der Waals surface area contributed by atoms with Gasteiger partial charge in [-0.15, -0.1) is 0 Å². The van der Waals surface area contributed by atoms with Crippen molar-refractivity contribution in [3.05, 3.63) is 64.0 Å². The van der Waals surface area contributed by atoms with E-state index in [0.717, 1.165) is 12.1 Å². The Kier molecular flexibility index (Phi) is 4.04. The molecule has 0 aliphatic heterocycles. The number of nitrogens with one attached hydrogen (secondary N) is 1. The fourth-order valence-electron chi connectivity index (χ4n) is 1.57. The molecule has 0 aliphatic rings. The second-order valence-corrected chi connectivity index (χ2v) is 5.79. The molecule has 0 bridgehead atoms. The summed E-state index contributed by atoms with van der Waals surface area (Å²) in [5, 5.41) is 10.6. The topological polar surface area (TPSA) is 89.3 Å². The van der Waals surface area contributed by atoms with Crippen LogP contribution in [0.4, 0.5) is 24.5 Å². The molecule has 0 radical (unpaired) electrons. The first kappa shape index (κ1) is 15.8. The van der Waals surface area contributed by atoms with E-state index in [2.05, 4.69) is 0 Å². The van der Waals surface area contributed by atoms with E-state index in [1.165, 1.54) is 0 Å². The number of hydrogen-bond donors (Lipinski definition) is 1. The summed E-state index contributed by atoms with van der Waals surface area (Å²) < 4.78 is 64.9. The summed E-state index contributed by atoms with van der Waals surface area (Å²) in [4.78, 5) is 8.98. The first-order chi connectivity index (χ1) is 10.2. The first-order valence-electron chi connectivity index (χ1n) is 5.62. The van der Waals surface area contributed by atoms with Gasteiger partial charge in [-0.2, -0.15) is 4.39 Å². The van der Waals surface area contributed by atoms with Gasteiger partial charge < -0.3 is 0 Å². The molecule has 2 rings (SSSR count). The van der Waals surface area contributed by atoms with Crippen LogP contribution >= 0.6 is 0 Å². The third-order valence-corrected chi connectivity index (χ3v) is 3.98. The van der Waals surface area contributed by atoms with Crippen molar-refractivity contribution in [2.24, 2.45) is 0 Å². The molecule has 6 nitrogen and oxygen atoms in total. The monoisotopic (exact) mass is 332 g/mol. The second kappa shape index (κ2) is 5.64. The Bertz CT molecular complexity index is 855. The van der Waals surface area contributed by atoms with Gasteiger partial charge in [0.2, 0.25) is 5.82 Å². The van der Waals surface area contributed by atoms with Crippen molar-refractivity contribution in [1.82, 2.24) is 0 Å². The molecular weight excluding hydrogens is 325 g/mol. The van der Waals surface area contributed by atoms with Crippen molar-refractivity contribution in [3.8, 4) is 0 Å². The van der Waals surface area contributed by atoms with Crippen LogP contribution in [0, 0.1) is 27.6 Å². The van der Waals surface area contributed by atoms with Crippen LogP contribution in [0.2, 0.25) is 0 Å². The standard InChI is InChI=1S/C12H7F3N2O4S/c13-9-4-2-8(6-11(9)15)22(20,21)16-7-1-3-10(14)12(5-7)17(18)19/h1-6,16H. The molecule has 0 amide bonds. The van der Waals surface area contributed by atoms with Crippen LogP contribution in [-0.2, 0) is 10.0 Å². The molecule has 0 unspecified atom stereocenters. The lowest BCUT2D eigenvalue weighted by Crippen LogP contribution is -2.13. The maximum Gasteiger partial charge on any atom is 0.306 e. The average Bonchev–Trinajstić information content (AvgIpc) is 2.43. The zero-order valence-electron chi connectivity index (χ0n) is 10.6. The number of anilines is 1. The van der Waals surface area contributed by atoms with Crippen molar-refractivity contribution >= 4 is 21.4 Å². The SMILES string of the molecule is O=[N+]([O-])c1cc(NS(=O)(=O)c2ccc(F)c(F)c2)ccc1F. The van der Waals surface area contributed by atoms with Gasteiger partial charge in [-0.05, 0) is 30.3 Å². The van der Waals surface area contributed by atoms with Crippen LogP contribution in [0.25, 0.3) is 0 Å². The summed E-state index contributed by atoms with van der Waals surface area (Å²) in [7, 11) is -4.31. The van der Waals surface area contributed by atoms with Crippen LogP contribution in [0.3, 0.4) is 0 Å². The van der Waals surface area contributed by atoms with E-state index in [1.54, 1.807) is 0 Å². The maximum atomic E-state index is 13.2. The molecule has 10 heteroatoms. The molecular formula is C12H7F3N2O4S. The molecule has 0 spiro atoms. The number of nitro groups is 1. The summed E-state index contributed by atoms with van der Waals surface area (Å²) in [6.07, 6.45) is 0. The normalized spacial score (nSPS) is 11.2. The van der Waals surface area contributed by atoms with Crippen LogP contribution in [-0.4, -0.2) is 13.3 Å². The Morgan fingerprint density at radius 3 is 2.18 bits per heavy atom. The fourth-order valence-corrected chi connectivity index (χ4v) is 2.64. The van der Waals surface area contributed by atoms with Gasteiger partial charge in [-0.3, -0.25) is 14.8 Å². The van der Waals surface area contributed by atoms with Crippen LogP contribution in [0.15, 0.2) is 41.3 Å². The smallest absolute Gasteiger partial charge is 0.279 e. The maximum absolute atomic E-state index is 13.2. The molecule has 0 aromatic heterocycles. The number of halogens is 3. The number of sulfonamides is 1. The minimum Gasteiger partial charge on any atom is -0.279 e. The van der Waals surface area contributed by atoms with Crippen molar-refractivity contribution in [3.63, 3.8) is 0 Å². The number of hydrogen-bond acceptors (Lipinski definition) is 4. The minimum absolute atomic E-state index is 0.294. The molecule has 0 aliphatic carbocycles. The lowest BCUT2D eigenvalue weighted by atomic mass is 10.3. The molecule has 0 atom stereocenters. The fraction of sp³-hybridized carbons (Fsp3) is 0. The van der Waals surface area contributed by atoms with Gasteiger partial charge in [-0.25, -0.2) is 17.2 Å². The Labute approximate surface area is 122 Å². The first-order valence-corrected chi connectivity index (χ1v) is 7.11. The summed E-state index contributed by atoms with van der Waals surface area (Å²) in [5.74, 6) is -3.73. The molecule has 116 valence electrons. The van der Waals surface area contributed by atoms with E-state index >= 15 is 0 Å². The zero-order valence-corrected chi connectivity index (χ0v) is 11.4. The molecule has 22 heavy (non-hydrogen) atoms. The zero-order chi connectivity index (χ0) is 16.5. The number of nitro benzene ring substituents is 1. The lowest BCUT2D eigenvalue weighted by molar-refractivity contribution is -0.387. The van der Waals surface area contributed by atoms with Gasteiger partial charge in [-0.1, -0.05) is 0 Å². The summed E-state index contributed by atoms with van der Waals surface area (Å²) in [5.41, 5.74) is -1.22. The van der Waals surface area contributed by atoms with Gasteiger partial charge >= 0.3 is 5.69 Å². The number of benzene rings is 2. The highest BCUT2D eigenvalue weighted by molar-refractivity contribution is 7.92.